The zero-order valence-electron chi connectivity index (χ0n) is 9.95. The van der Waals surface area contributed by atoms with Gasteiger partial charge in [0.2, 0.25) is 0 Å². The van der Waals surface area contributed by atoms with Crippen LogP contribution in [0.25, 0.3) is 0 Å². The minimum Gasteiger partial charge on any atom is -0.326 e. The van der Waals surface area contributed by atoms with Crippen molar-refractivity contribution in [1.82, 2.24) is 4.90 Å². The lowest BCUT2D eigenvalue weighted by Gasteiger charge is -2.20. The zero-order valence-corrected chi connectivity index (χ0v) is 9.95. The van der Waals surface area contributed by atoms with E-state index in [9.17, 15) is 0 Å². The molecule has 2 nitrogen and oxygen atoms in total. The van der Waals surface area contributed by atoms with E-state index in [1.165, 1.54) is 24.8 Å². The summed E-state index contributed by atoms with van der Waals surface area (Å²) in [7, 11) is 2.19. The SMILES string of the molecule is CN1CC(N)CC1c1ccc2c(c1)CCC2. The van der Waals surface area contributed by atoms with Crippen LogP contribution in [0.4, 0.5) is 0 Å². The van der Waals surface area contributed by atoms with Gasteiger partial charge in [-0.3, -0.25) is 4.90 Å². The Hall–Kier alpha value is -0.860. The summed E-state index contributed by atoms with van der Waals surface area (Å²) in [5.74, 6) is 0. The van der Waals surface area contributed by atoms with E-state index >= 15 is 0 Å². The van der Waals surface area contributed by atoms with Crippen LogP contribution in [0.1, 0.15) is 35.6 Å². The molecular weight excluding hydrogens is 196 g/mol. The molecule has 2 atom stereocenters. The number of hydrogen-bond acceptors (Lipinski definition) is 2. The van der Waals surface area contributed by atoms with Crippen LogP contribution in [0.3, 0.4) is 0 Å². The van der Waals surface area contributed by atoms with Gasteiger partial charge in [0, 0.05) is 18.6 Å². The minimum atomic E-state index is 0.350. The van der Waals surface area contributed by atoms with Gasteiger partial charge in [-0.2, -0.15) is 0 Å². The molecule has 3 rings (SSSR count). The first kappa shape index (κ1) is 10.3. The monoisotopic (exact) mass is 216 g/mol. The molecule has 0 aromatic heterocycles. The van der Waals surface area contributed by atoms with E-state index in [0.717, 1.165) is 13.0 Å². The van der Waals surface area contributed by atoms with E-state index in [-0.39, 0.29) is 0 Å². The third-order valence-electron chi connectivity index (χ3n) is 4.09. The molecule has 0 amide bonds. The Labute approximate surface area is 97.4 Å². The molecule has 86 valence electrons. The van der Waals surface area contributed by atoms with Crippen molar-refractivity contribution < 1.29 is 0 Å². The third-order valence-corrected chi connectivity index (χ3v) is 4.09. The van der Waals surface area contributed by atoms with Crippen LogP contribution < -0.4 is 5.73 Å². The Morgan fingerprint density at radius 3 is 2.81 bits per heavy atom. The van der Waals surface area contributed by atoms with Crippen molar-refractivity contribution >= 4 is 0 Å². The number of likely N-dealkylation sites (N-methyl/N-ethyl adjacent to an activating group) is 1. The Morgan fingerprint density at radius 1 is 1.25 bits per heavy atom. The number of nitrogens with two attached hydrogens (primary N) is 1. The Balaban J connectivity index is 1.89. The molecule has 1 saturated heterocycles. The van der Waals surface area contributed by atoms with Crippen molar-refractivity contribution in [2.45, 2.75) is 37.8 Å². The van der Waals surface area contributed by atoms with Crippen molar-refractivity contribution in [1.29, 1.82) is 0 Å². The van der Waals surface area contributed by atoms with Gasteiger partial charge < -0.3 is 5.73 Å². The molecule has 1 heterocycles. The average molecular weight is 216 g/mol. The van der Waals surface area contributed by atoms with Crippen LogP contribution in [0.5, 0.6) is 0 Å². The number of hydrogen-bond donors (Lipinski definition) is 1. The lowest BCUT2D eigenvalue weighted by Crippen LogP contribution is -2.24. The van der Waals surface area contributed by atoms with E-state index in [4.69, 9.17) is 5.73 Å². The van der Waals surface area contributed by atoms with E-state index in [2.05, 4.69) is 30.1 Å². The molecule has 1 aromatic rings. The third kappa shape index (κ3) is 1.66. The highest BCUT2D eigenvalue weighted by molar-refractivity contribution is 5.37. The molecule has 1 aromatic carbocycles. The predicted molar refractivity (Wildman–Crippen MR) is 66.4 cm³/mol. The smallest absolute Gasteiger partial charge is 0.0361 e. The lowest BCUT2D eigenvalue weighted by molar-refractivity contribution is 0.316. The molecular formula is C14H20N2. The first-order valence-corrected chi connectivity index (χ1v) is 6.31. The predicted octanol–water partition coefficient (Wildman–Crippen LogP) is 1.88. The Bertz CT molecular complexity index is 400. The summed E-state index contributed by atoms with van der Waals surface area (Å²) in [6.45, 7) is 1.03. The van der Waals surface area contributed by atoms with Gasteiger partial charge in [0.25, 0.3) is 0 Å². The number of nitrogens with zero attached hydrogens (tertiary/aromatic N) is 1. The van der Waals surface area contributed by atoms with Crippen LogP contribution in [0.2, 0.25) is 0 Å². The summed E-state index contributed by atoms with van der Waals surface area (Å²) >= 11 is 0. The van der Waals surface area contributed by atoms with Crippen molar-refractivity contribution in [3.05, 3.63) is 34.9 Å². The fraction of sp³-hybridized carbons (Fsp3) is 0.571. The molecule has 2 unspecified atom stereocenters. The summed E-state index contributed by atoms with van der Waals surface area (Å²) in [6, 6.07) is 7.95. The van der Waals surface area contributed by atoms with Gasteiger partial charge in [-0.15, -0.1) is 0 Å². The van der Waals surface area contributed by atoms with Crippen molar-refractivity contribution in [2.24, 2.45) is 5.73 Å². The summed E-state index contributed by atoms with van der Waals surface area (Å²) in [5.41, 5.74) is 10.6. The molecule has 16 heavy (non-hydrogen) atoms. The van der Waals surface area contributed by atoms with Crippen LogP contribution in [0, 0.1) is 0 Å². The average Bonchev–Trinajstić information content (AvgIpc) is 2.83. The first-order valence-electron chi connectivity index (χ1n) is 6.31. The van der Waals surface area contributed by atoms with Crippen LogP contribution in [-0.4, -0.2) is 24.5 Å². The number of benzene rings is 1. The topological polar surface area (TPSA) is 29.3 Å². The van der Waals surface area contributed by atoms with E-state index < -0.39 is 0 Å². The maximum Gasteiger partial charge on any atom is 0.0361 e. The van der Waals surface area contributed by atoms with Gasteiger partial charge in [0.05, 0.1) is 0 Å². The molecule has 0 bridgehead atoms. The highest BCUT2D eigenvalue weighted by atomic mass is 15.2. The fourth-order valence-electron chi connectivity index (χ4n) is 3.23. The van der Waals surface area contributed by atoms with Crippen molar-refractivity contribution in [3.8, 4) is 0 Å². The minimum absolute atomic E-state index is 0.350. The van der Waals surface area contributed by atoms with Crippen molar-refractivity contribution in [2.75, 3.05) is 13.6 Å². The molecule has 0 saturated carbocycles. The molecule has 2 N–H and O–H groups in total. The van der Waals surface area contributed by atoms with Crippen LogP contribution >= 0.6 is 0 Å². The standard InChI is InChI=1S/C14H20N2/c1-16-9-13(15)8-14(16)12-6-5-10-3-2-4-11(10)7-12/h5-7,13-14H,2-4,8-9,15H2,1H3. The van der Waals surface area contributed by atoms with Gasteiger partial charge in [-0.25, -0.2) is 0 Å². The fourth-order valence-corrected chi connectivity index (χ4v) is 3.23. The first-order chi connectivity index (χ1) is 7.74. The highest BCUT2D eigenvalue weighted by Crippen LogP contribution is 2.32. The Morgan fingerprint density at radius 2 is 2.06 bits per heavy atom. The van der Waals surface area contributed by atoms with Crippen LogP contribution in [-0.2, 0) is 12.8 Å². The highest BCUT2D eigenvalue weighted by Gasteiger charge is 2.28. The van der Waals surface area contributed by atoms with E-state index in [1.54, 1.807) is 11.1 Å². The zero-order chi connectivity index (χ0) is 11.1. The summed E-state index contributed by atoms with van der Waals surface area (Å²) in [6.07, 6.45) is 4.98. The molecule has 1 aliphatic carbocycles. The maximum atomic E-state index is 6.02. The second-order valence-corrected chi connectivity index (χ2v) is 5.33. The van der Waals surface area contributed by atoms with Gasteiger partial charge in [-0.1, -0.05) is 18.2 Å². The van der Waals surface area contributed by atoms with E-state index in [1.807, 2.05) is 0 Å². The lowest BCUT2D eigenvalue weighted by atomic mass is 9.99. The quantitative estimate of drug-likeness (QED) is 0.776. The van der Waals surface area contributed by atoms with Crippen molar-refractivity contribution in [3.63, 3.8) is 0 Å². The molecule has 1 aliphatic heterocycles. The molecule has 2 aliphatic rings. The van der Waals surface area contributed by atoms with Gasteiger partial charge in [0.15, 0.2) is 0 Å². The van der Waals surface area contributed by atoms with Gasteiger partial charge in [0.1, 0.15) is 0 Å². The number of fused-ring (bicyclic) bond motifs is 1. The molecule has 0 radical (unpaired) electrons. The summed E-state index contributed by atoms with van der Waals surface area (Å²) < 4.78 is 0. The van der Waals surface area contributed by atoms with Gasteiger partial charge in [-0.05, 0) is 49.4 Å². The second-order valence-electron chi connectivity index (χ2n) is 5.33. The summed E-state index contributed by atoms with van der Waals surface area (Å²) in [4.78, 5) is 2.39. The maximum absolute atomic E-state index is 6.02. The van der Waals surface area contributed by atoms with Crippen LogP contribution in [0.15, 0.2) is 18.2 Å². The van der Waals surface area contributed by atoms with Gasteiger partial charge >= 0.3 is 0 Å². The Kier molecular flexibility index (Phi) is 2.49. The normalized spacial score (nSPS) is 29.6. The molecule has 2 heteroatoms. The van der Waals surface area contributed by atoms with E-state index in [0.29, 0.717) is 12.1 Å². The number of likely N-dealkylation sites (tertiary alicyclic amines) is 1. The largest absolute Gasteiger partial charge is 0.326 e. The second kappa shape index (κ2) is 3.86. The number of rotatable bonds is 1. The molecule has 1 fully saturated rings. The summed E-state index contributed by atoms with van der Waals surface area (Å²) in [5, 5.41) is 0. The molecule has 0 spiro atoms. The number of aryl methyl sites for hydroxylation is 2.